The van der Waals surface area contributed by atoms with Crippen LogP contribution in [-0.2, 0) is 10.4 Å². The van der Waals surface area contributed by atoms with Crippen molar-refractivity contribution in [1.82, 2.24) is 0 Å². The molecule has 0 saturated carbocycles. The van der Waals surface area contributed by atoms with Crippen molar-refractivity contribution in [2.45, 2.75) is 0 Å². The summed E-state index contributed by atoms with van der Waals surface area (Å²) in [4.78, 5) is 0. The van der Waals surface area contributed by atoms with Gasteiger partial charge in [0.2, 0.25) is 0 Å². The van der Waals surface area contributed by atoms with Crippen molar-refractivity contribution < 1.29 is 94.9 Å². The molecule has 0 aromatic rings. The van der Waals surface area contributed by atoms with Crippen LogP contribution in [0.25, 0.3) is 0 Å². The van der Waals surface area contributed by atoms with E-state index >= 15 is 0 Å². The smallest absolute Gasteiger partial charge is 0.264 e. The van der Waals surface area contributed by atoms with E-state index in [0.717, 1.165) is 0 Å². The molecular weight excluding hydrogens is 375 g/mol. The standard InChI is InChI=1S/Ce.La.H2O4S/c;;1-5(2,3)4/h;;(H2,1,2,3,4). The molecule has 0 bridgehead atoms. The summed E-state index contributed by atoms with van der Waals surface area (Å²) in [6.45, 7) is 0. The first-order chi connectivity index (χ1) is 2.00. The molecule has 0 unspecified atom stereocenters. The number of rotatable bonds is 0. The van der Waals surface area contributed by atoms with E-state index in [-0.39, 0.29) is 77.3 Å². The third-order valence-electron chi connectivity index (χ3n) is 0. The minimum absolute atomic E-state index is 0. The van der Waals surface area contributed by atoms with Gasteiger partial charge in [0.15, 0.2) is 0 Å². The van der Waals surface area contributed by atoms with Crippen molar-refractivity contribution in [1.29, 1.82) is 0 Å². The van der Waals surface area contributed by atoms with Crippen LogP contribution in [-0.4, -0.2) is 17.5 Å². The van der Waals surface area contributed by atoms with Crippen molar-refractivity contribution in [3.63, 3.8) is 0 Å². The van der Waals surface area contributed by atoms with Crippen molar-refractivity contribution in [2.75, 3.05) is 0 Å². The summed E-state index contributed by atoms with van der Waals surface area (Å²) in [5.74, 6) is 0. The largest absolute Gasteiger partial charge is 0.394 e. The zero-order chi connectivity index (χ0) is 4.50. The Hall–Kier alpha value is 2.44. The van der Waals surface area contributed by atoms with E-state index < -0.39 is 10.4 Å². The molecule has 0 saturated heterocycles. The molecule has 2 N–H and O–H groups in total. The van der Waals surface area contributed by atoms with Crippen LogP contribution in [0, 0.1) is 77.3 Å². The van der Waals surface area contributed by atoms with Crippen molar-refractivity contribution in [3.8, 4) is 0 Å². The molecule has 0 aromatic heterocycles. The van der Waals surface area contributed by atoms with Crippen LogP contribution in [0.2, 0.25) is 0 Å². The van der Waals surface area contributed by atoms with Gasteiger partial charge in [-0.25, -0.2) is 0 Å². The van der Waals surface area contributed by atoms with E-state index in [0.29, 0.717) is 0 Å². The molecule has 0 heterocycles. The molecule has 0 aliphatic heterocycles. The molecule has 0 spiro atoms. The molecule has 4 nitrogen and oxygen atoms in total. The molecule has 7 heteroatoms. The predicted octanol–water partition coefficient (Wildman–Crippen LogP) is -0.653. The third-order valence-corrected chi connectivity index (χ3v) is 0. The molecule has 0 aliphatic carbocycles. The Labute approximate surface area is 103 Å². The van der Waals surface area contributed by atoms with Crippen LogP contribution in [0.4, 0.5) is 0 Å². The average Bonchev–Trinajstić information content (AvgIpc) is 0.722. The molecule has 0 fully saturated rings. The van der Waals surface area contributed by atoms with Crippen molar-refractivity contribution in [2.24, 2.45) is 0 Å². The Kier molecular flexibility index (Phi) is 15.2. The fourth-order valence-corrected chi connectivity index (χ4v) is 0. The maximum absolute atomic E-state index is 8.74. The Balaban J connectivity index is -0.0000000800. The van der Waals surface area contributed by atoms with Gasteiger partial charge in [-0.15, -0.1) is 0 Å². The monoisotopic (exact) mass is 377 g/mol. The maximum Gasteiger partial charge on any atom is 0.394 e. The Morgan fingerprint density at radius 1 is 1.14 bits per heavy atom. The molecule has 0 aliphatic rings. The van der Waals surface area contributed by atoms with Gasteiger partial charge in [0.25, 0.3) is 0 Å². The van der Waals surface area contributed by atoms with Crippen molar-refractivity contribution >= 4 is 10.4 Å². The van der Waals surface area contributed by atoms with Gasteiger partial charge >= 0.3 is 10.4 Å². The molecular formula is H2CeLaO4S. The van der Waals surface area contributed by atoms with E-state index in [1.807, 2.05) is 0 Å². The minimum Gasteiger partial charge on any atom is -0.264 e. The fourth-order valence-electron chi connectivity index (χ4n) is 0. The van der Waals surface area contributed by atoms with E-state index in [4.69, 9.17) is 17.5 Å². The number of hydrogen-bond acceptors (Lipinski definition) is 2. The Morgan fingerprint density at radius 3 is 1.14 bits per heavy atom. The molecule has 1 radical (unpaired) electrons. The quantitative estimate of drug-likeness (QED) is 0.551. The van der Waals surface area contributed by atoms with Gasteiger partial charge in [-0.1, -0.05) is 0 Å². The van der Waals surface area contributed by atoms with E-state index in [2.05, 4.69) is 0 Å². The molecule has 0 aromatic carbocycles. The van der Waals surface area contributed by atoms with Gasteiger partial charge < -0.3 is 0 Å². The number of hydrogen-bond donors (Lipinski definition) is 2. The van der Waals surface area contributed by atoms with E-state index in [9.17, 15) is 0 Å². The first-order valence-electron chi connectivity index (χ1n) is 0.698. The van der Waals surface area contributed by atoms with Crippen LogP contribution in [0.5, 0.6) is 0 Å². The summed E-state index contributed by atoms with van der Waals surface area (Å²) in [5.41, 5.74) is 0. The van der Waals surface area contributed by atoms with Gasteiger partial charge in [0.1, 0.15) is 0 Å². The van der Waals surface area contributed by atoms with Crippen LogP contribution in [0.1, 0.15) is 0 Å². The molecule has 7 heavy (non-hydrogen) atoms. The maximum atomic E-state index is 8.74. The normalized spacial score (nSPS) is 8.29. The second-order valence-electron chi connectivity index (χ2n) is 0.448. The summed E-state index contributed by atoms with van der Waals surface area (Å²) in [6.07, 6.45) is 0. The van der Waals surface area contributed by atoms with Gasteiger partial charge in [-0.2, -0.15) is 8.42 Å². The third kappa shape index (κ3) is 58.8. The Morgan fingerprint density at radius 2 is 1.14 bits per heavy atom. The molecule has 0 rings (SSSR count). The van der Waals surface area contributed by atoms with Gasteiger partial charge in [0, 0.05) is 77.3 Å². The summed E-state index contributed by atoms with van der Waals surface area (Å²) >= 11 is 0. The van der Waals surface area contributed by atoms with Crippen molar-refractivity contribution in [3.05, 3.63) is 0 Å². The summed E-state index contributed by atoms with van der Waals surface area (Å²) in [7, 11) is -4.67. The second-order valence-corrected chi connectivity index (χ2v) is 1.34. The minimum atomic E-state index is -4.67. The van der Waals surface area contributed by atoms with Crippen LogP contribution in [0.15, 0.2) is 0 Å². The fraction of sp³-hybridized carbons (Fsp3) is 0. The second kappa shape index (κ2) is 6.56. The van der Waals surface area contributed by atoms with E-state index in [1.54, 1.807) is 0 Å². The van der Waals surface area contributed by atoms with Crippen LogP contribution in [0.3, 0.4) is 0 Å². The van der Waals surface area contributed by atoms with Crippen LogP contribution < -0.4 is 0 Å². The zero-order valence-electron chi connectivity index (χ0n) is 3.20. The first-order valence-corrected chi connectivity index (χ1v) is 2.10. The zero-order valence-corrected chi connectivity index (χ0v) is 10.8. The average molecular weight is 377 g/mol. The van der Waals surface area contributed by atoms with Crippen LogP contribution >= 0.6 is 0 Å². The summed E-state index contributed by atoms with van der Waals surface area (Å²) < 4.78 is 31.6. The SMILES string of the molecule is O=S(=O)(O)O.[Ce].[La]. The summed E-state index contributed by atoms with van der Waals surface area (Å²) in [6, 6.07) is 0. The van der Waals surface area contributed by atoms with Gasteiger partial charge in [0.05, 0.1) is 0 Å². The Bertz CT molecular complexity index is 94.9. The topological polar surface area (TPSA) is 74.6 Å². The molecule has 39 valence electrons. The molecule has 0 atom stereocenters. The van der Waals surface area contributed by atoms with Gasteiger partial charge in [-0.3, -0.25) is 9.11 Å². The molecule has 0 amide bonds. The predicted molar refractivity (Wildman–Crippen MR) is 14.2 cm³/mol. The first kappa shape index (κ1) is 16.2. The van der Waals surface area contributed by atoms with Gasteiger partial charge in [-0.05, 0) is 0 Å². The summed E-state index contributed by atoms with van der Waals surface area (Å²) in [5, 5.41) is 0. The van der Waals surface area contributed by atoms with E-state index in [1.165, 1.54) is 0 Å².